The molecule has 1 rings (SSSR count). The van der Waals surface area contributed by atoms with Crippen LogP contribution in [0.1, 0.15) is 45.4 Å². The molecule has 2 amide bonds. The molecule has 0 aromatic rings. The van der Waals surface area contributed by atoms with E-state index in [2.05, 4.69) is 10.6 Å². The van der Waals surface area contributed by atoms with Crippen molar-refractivity contribution in [1.29, 1.82) is 0 Å². The van der Waals surface area contributed by atoms with Gasteiger partial charge in [0.1, 0.15) is 6.04 Å². The first-order chi connectivity index (χ1) is 8.99. The first-order valence-corrected chi connectivity index (χ1v) is 6.78. The van der Waals surface area contributed by atoms with Crippen molar-refractivity contribution in [3.63, 3.8) is 0 Å². The Morgan fingerprint density at radius 1 is 1.16 bits per heavy atom. The summed E-state index contributed by atoms with van der Waals surface area (Å²) in [4.78, 5) is 33.5. The fourth-order valence-electron chi connectivity index (χ4n) is 2.26. The molecule has 1 unspecified atom stereocenters. The van der Waals surface area contributed by atoms with Gasteiger partial charge in [0.15, 0.2) is 0 Å². The smallest absolute Gasteiger partial charge is 0.325 e. The topological polar surface area (TPSA) is 95.5 Å². The number of hydrogen-bond donors (Lipinski definition) is 3. The summed E-state index contributed by atoms with van der Waals surface area (Å²) in [7, 11) is 0. The molecule has 0 aliphatic heterocycles. The number of aliphatic carboxylic acids is 1. The highest BCUT2D eigenvalue weighted by Gasteiger charge is 2.18. The second kappa shape index (κ2) is 7.76. The van der Waals surface area contributed by atoms with E-state index in [1.54, 1.807) is 0 Å². The molecule has 1 atom stereocenters. The highest BCUT2D eigenvalue weighted by molar-refractivity contribution is 5.87. The van der Waals surface area contributed by atoms with Crippen molar-refractivity contribution < 1.29 is 19.5 Å². The second-order valence-corrected chi connectivity index (χ2v) is 5.11. The molecule has 108 valence electrons. The van der Waals surface area contributed by atoms with E-state index in [1.165, 1.54) is 26.2 Å². The molecule has 0 radical (unpaired) electrons. The van der Waals surface area contributed by atoms with Gasteiger partial charge in [-0.1, -0.05) is 19.3 Å². The van der Waals surface area contributed by atoms with E-state index in [4.69, 9.17) is 5.11 Å². The fourth-order valence-corrected chi connectivity index (χ4v) is 2.26. The predicted octanol–water partition coefficient (Wildman–Crippen LogP) is 0.662. The van der Waals surface area contributed by atoms with Crippen molar-refractivity contribution in [2.75, 3.05) is 6.54 Å². The third kappa shape index (κ3) is 6.22. The minimum Gasteiger partial charge on any atom is -0.480 e. The van der Waals surface area contributed by atoms with Crippen molar-refractivity contribution in [2.24, 2.45) is 5.92 Å². The van der Waals surface area contributed by atoms with Gasteiger partial charge in [0.2, 0.25) is 11.8 Å². The van der Waals surface area contributed by atoms with E-state index in [-0.39, 0.29) is 12.5 Å². The van der Waals surface area contributed by atoms with Crippen LogP contribution in [0.5, 0.6) is 0 Å². The maximum atomic E-state index is 11.6. The Morgan fingerprint density at radius 3 is 2.37 bits per heavy atom. The van der Waals surface area contributed by atoms with Gasteiger partial charge in [0.25, 0.3) is 0 Å². The number of carboxylic acids is 1. The van der Waals surface area contributed by atoms with E-state index >= 15 is 0 Å². The average molecular weight is 270 g/mol. The van der Waals surface area contributed by atoms with E-state index in [0.29, 0.717) is 12.3 Å². The molecule has 0 spiro atoms. The van der Waals surface area contributed by atoms with Crippen LogP contribution < -0.4 is 10.6 Å². The Hall–Kier alpha value is -1.59. The van der Waals surface area contributed by atoms with Gasteiger partial charge in [0, 0.05) is 6.42 Å². The Morgan fingerprint density at radius 2 is 1.79 bits per heavy atom. The first kappa shape index (κ1) is 15.5. The Labute approximate surface area is 112 Å². The van der Waals surface area contributed by atoms with Crippen LogP contribution in [0.25, 0.3) is 0 Å². The molecule has 1 saturated carbocycles. The maximum absolute atomic E-state index is 11.6. The number of amides is 2. The Bertz CT molecular complexity index is 338. The molecular formula is C13H22N2O4. The summed E-state index contributed by atoms with van der Waals surface area (Å²) in [6, 6.07) is -0.942. The molecule has 19 heavy (non-hydrogen) atoms. The molecule has 0 heterocycles. The van der Waals surface area contributed by atoms with E-state index in [1.807, 2.05) is 0 Å². The summed E-state index contributed by atoms with van der Waals surface area (Å²) < 4.78 is 0. The lowest BCUT2D eigenvalue weighted by molar-refractivity contribution is -0.141. The monoisotopic (exact) mass is 270 g/mol. The zero-order valence-electron chi connectivity index (χ0n) is 11.3. The zero-order chi connectivity index (χ0) is 14.3. The highest BCUT2D eigenvalue weighted by atomic mass is 16.4. The average Bonchev–Trinajstić information content (AvgIpc) is 2.37. The highest BCUT2D eigenvalue weighted by Crippen LogP contribution is 2.25. The molecule has 0 aromatic carbocycles. The van der Waals surface area contributed by atoms with Gasteiger partial charge in [-0.3, -0.25) is 14.4 Å². The molecule has 0 aromatic heterocycles. The van der Waals surface area contributed by atoms with Crippen LogP contribution in [0.4, 0.5) is 0 Å². The van der Waals surface area contributed by atoms with Crippen LogP contribution >= 0.6 is 0 Å². The number of carboxylic acid groups (broad SMARTS) is 1. The van der Waals surface area contributed by atoms with Crippen LogP contribution in [0.15, 0.2) is 0 Å². The normalized spacial score (nSPS) is 17.5. The van der Waals surface area contributed by atoms with Crippen molar-refractivity contribution in [1.82, 2.24) is 10.6 Å². The van der Waals surface area contributed by atoms with E-state index < -0.39 is 17.9 Å². The Kier molecular flexibility index (Phi) is 6.32. The number of carbonyl (C=O) groups is 3. The number of carbonyl (C=O) groups excluding carboxylic acids is 2. The second-order valence-electron chi connectivity index (χ2n) is 5.11. The molecule has 6 nitrogen and oxygen atoms in total. The molecular weight excluding hydrogens is 248 g/mol. The van der Waals surface area contributed by atoms with Gasteiger partial charge in [-0.2, -0.15) is 0 Å². The molecule has 6 heteroatoms. The number of rotatable bonds is 6. The summed E-state index contributed by atoms with van der Waals surface area (Å²) in [5.74, 6) is -1.28. The van der Waals surface area contributed by atoms with Gasteiger partial charge < -0.3 is 15.7 Å². The number of nitrogens with one attached hydrogen (secondary N) is 2. The van der Waals surface area contributed by atoms with Gasteiger partial charge in [-0.15, -0.1) is 0 Å². The molecule has 3 N–H and O–H groups in total. The van der Waals surface area contributed by atoms with Crippen LogP contribution in [-0.4, -0.2) is 35.5 Å². The molecule has 1 aliphatic rings. The summed E-state index contributed by atoms with van der Waals surface area (Å²) in [5.41, 5.74) is 0. The van der Waals surface area contributed by atoms with Crippen LogP contribution in [0, 0.1) is 5.92 Å². The lowest BCUT2D eigenvalue weighted by Gasteiger charge is -2.20. The fraction of sp³-hybridized carbons (Fsp3) is 0.769. The van der Waals surface area contributed by atoms with Crippen LogP contribution in [0.2, 0.25) is 0 Å². The summed E-state index contributed by atoms with van der Waals surface area (Å²) in [6.07, 6.45) is 6.21. The lowest BCUT2D eigenvalue weighted by Crippen LogP contribution is -2.44. The van der Waals surface area contributed by atoms with E-state index in [9.17, 15) is 14.4 Å². The number of hydrogen-bond acceptors (Lipinski definition) is 3. The van der Waals surface area contributed by atoms with Crippen LogP contribution in [0.3, 0.4) is 0 Å². The lowest BCUT2D eigenvalue weighted by atomic mass is 9.87. The van der Waals surface area contributed by atoms with Crippen molar-refractivity contribution >= 4 is 17.8 Å². The SMILES string of the molecule is CC(NC(=O)CNC(=O)CC1CCCCC1)C(=O)O. The minimum atomic E-state index is -1.10. The third-order valence-electron chi connectivity index (χ3n) is 3.39. The minimum absolute atomic E-state index is 0.134. The van der Waals surface area contributed by atoms with Gasteiger partial charge in [-0.05, 0) is 25.7 Å². The maximum Gasteiger partial charge on any atom is 0.325 e. The van der Waals surface area contributed by atoms with Crippen LogP contribution in [-0.2, 0) is 14.4 Å². The summed E-state index contributed by atoms with van der Waals surface area (Å²) in [5, 5.41) is 13.4. The molecule has 0 bridgehead atoms. The third-order valence-corrected chi connectivity index (χ3v) is 3.39. The Balaban J connectivity index is 2.18. The molecule has 0 saturated heterocycles. The largest absolute Gasteiger partial charge is 0.480 e. The summed E-state index contributed by atoms with van der Waals surface area (Å²) >= 11 is 0. The standard InChI is InChI=1S/C13H22N2O4/c1-9(13(18)19)15-12(17)8-14-11(16)7-10-5-3-2-4-6-10/h9-10H,2-8H2,1H3,(H,14,16)(H,15,17)(H,18,19). The quantitative estimate of drug-likeness (QED) is 0.660. The van der Waals surface area contributed by atoms with E-state index in [0.717, 1.165) is 12.8 Å². The zero-order valence-corrected chi connectivity index (χ0v) is 11.3. The van der Waals surface area contributed by atoms with Crippen molar-refractivity contribution in [3.05, 3.63) is 0 Å². The van der Waals surface area contributed by atoms with Gasteiger partial charge in [-0.25, -0.2) is 0 Å². The molecule has 1 fully saturated rings. The van der Waals surface area contributed by atoms with Gasteiger partial charge in [0.05, 0.1) is 6.54 Å². The van der Waals surface area contributed by atoms with Crippen molar-refractivity contribution in [2.45, 2.75) is 51.5 Å². The van der Waals surface area contributed by atoms with Crippen molar-refractivity contribution in [3.8, 4) is 0 Å². The molecule has 1 aliphatic carbocycles. The van der Waals surface area contributed by atoms with Gasteiger partial charge >= 0.3 is 5.97 Å². The summed E-state index contributed by atoms with van der Waals surface area (Å²) in [6.45, 7) is 1.22. The first-order valence-electron chi connectivity index (χ1n) is 6.78. The predicted molar refractivity (Wildman–Crippen MR) is 69.4 cm³/mol.